The van der Waals surface area contributed by atoms with Gasteiger partial charge in [-0.25, -0.2) is 14.8 Å². The van der Waals surface area contributed by atoms with Crippen molar-refractivity contribution >= 4 is 61.2 Å². The summed E-state index contributed by atoms with van der Waals surface area (Å²) in [5, 5.41) is 17.0. The second kappa shape index (κ2) is 7.15. The molecule has 0 unspecified atom stereocenters. The van der Waals surface area contributed by atoms with E-state index < -0.39 is 5.97 Å². The Morgan fingerprint density at radius 1 is 1.22 bits per heavy atom. The standard InChI is InChI=1S/C18H16ClN5O2S/c1-20-6-7-24-14-5-2-10(16(25)26)8-13(14)21-17(24)23-18-22-12-4-3-11(19)9-15(12)27-18/h2-5,8-9,20H,6-7H2,1H3,(H,25,26)(H,21,22,23). The topological polar surface area (TPSA) is 92.1 Å². The molecular weight excluding hydrogens is 386 g/mol. The summed E-state index contributed by atoms with van der Waals surface area (Å²) in [5.74, 6) is -0.354. The Labute approximate surface area is 163 Å². The lowest BCUT2D eigenvalue weighted by Crippen LogP contribution is -2.16. The van der Waals surface area contributed by atoms with Gasteiger partial charge in [-0.3, -0.25) is 0 Å². The fourth-order valence-electron chi connectivity index (χ4n) is 2.86. The van der Waals surface area contributed by atoms with Gasteiger partial charge in [0.1, 0.15) is 0 Å². The molecule has 7 nitrogen and oxygen atoms in total. The molecule has 0 bridgehead atoms. The second-order valence-electron chi connectivity index (χ2n) is 5.96. The number of hydrogen-bond donors (Lipinski definition) is 3. The molecule has 2 aromatic heterocycles. The van der Waals surface area contributed by atoms with Gasteiger partial charge in [0.2, 0.25) is 5.95 Å². The molecular formula is C18H16ClN5O2S. The summed E-state index contributed by atoms with van der Waals surface area (Å²) in [6, 6.07) is 10.5. The van der Waals surface area contributed by atoms with Crippen molar-refractivity contribution in [2.75, 3.05) is 18.9 Å². The lowest BCUT2D eigenvalue weighted by molar-refractivity contribution is 0.0697. The Morgan fingerprint density at radius 2 is 2.07 bits per heavy atom. The number of anilines is 2. The Bertz CT molecular complexity index is 1150. The first kappa shape index (κ1) is 17.7. The van der Waals surface area contributed by atoms with Crippen molar-refractivity contribution in [2.24, 2.45) is 0 Å². The maximum absolute atomic E-state index is 11.2. The van der Waals surface area contributed by atoms with E-state index in [0.717, 1.165) is 22.3 Å². The maximum Gasteiger partial charge on any atom is 0.335 e. The second-order valence-corrected chi connectivity index (χ2v) is 7.42. The first-order valence-corrected chi connectivity index (χ1v) is 9.46. The van der Waals surface area contributed by atoms with E-state index in [9.17, 15) is 9.90 Å². The van der Waals surface area contributed by atoms with Crippen molar-refractivity contribution in [3.8, 4) is 0 Å². The first-order chi connectivity index (χ1) is 13.0. The fourth-order valence-corrected chi connectivity index (χ4v) is 3.99. The predicted molar refractivity (Wildman–Crippen MR) is 109 cm³/mol. The van der Waals surface area contributed by atoms with Crippen LogP contribution in [0.2, 0.25) is 5.02 Å². The average molecular weight is 402 g/mol. The van der Waals surface area contributed by atoms with Gasteiger partial charge in [-0.1, -0.05) is 22.9 Å². The van der Waals surface area contributed by atoms with Crippen LogP contribution in [0.1, 0.15) is 10.4 Å². The Balaban J connectivity index is 1.76. The Hall–Kier alpha value is -2.68. The summed E-state index contributed by atoms with van der Waals surface area (Å²) in [6.07, 6.45) is 0. The molecule has 0 aliphatic carbocycles. The molecule has 9 heteroatoms. The number of fused-ring (bicyclic) bond motifs is 2. The van der Waals surface area contributed by atoms with Crippen molar-refractivity contribution in [3.63, 3.8) is 0 Å². The highest BCUT2D eigenvalue weighted by molar-refractivity contribution is 7.22. The van der Waals surface area contributed by atoms with E-state index in [4.69, 9.17) is 11.6 Å². The molecule has 0 fully saturated rings. The molecule has 27 heavy (non-hydrogen) atoms. The first-order valence-electron chi connectivity index (χ1n) is 8.26. The zero-order valence-corrected chi connectivity index (χ0v) is 15.9. The van der Waals surface area contributed by atoms with Crippen molar-refractivity contribution in [3.05, 3.63) is 47.0 Å². The van der Waals surface area contributed by atoms with Crippen LogP contribution in [-0.2, 0) is 6.54 Å². The van der Waals surface area contributed by atoms with Gasteiger partial charge >= 0.3 is 5.97 Å². The Kier molecular flexibility index (Phi) is 4.69. The van der Waals surface area contributed by atoms with Crippen molar-refractivity contribution in [1.29, 1.82) is 0 Å². The number of rotatable bonds is 6. The number of hydrogen-bond acceptors (Lipinski definition) is 6. The van der Waals surface area contributed by atoms with E-state index >= 15 is 0 Å². The number of aromatic nitrogens is 3. The van der Waals surface area contributed by atoms with Crippen LogP contribution in [0.25, 0.3) is 21.3 Å². The molecule has 0 spiro atoms. The molecule has 4 aromatic rings. The van der Waals surface area contributed by atoms with Crippen LogP contribution in [0.15, 0.2) is 36.4 Å². The summed E-state index contributed by atoms with van der Waals surface area (Å²) >= 11 is 7.54. The van der Waals surface area contributed by atoms with Gasteiger partial charge in [0, 0.05) is 18.1 Å². The number of aromatic carboxylic acids is 1. The van der Waals surface area contributed by atoms with Crippen molar-refractivity contribution < 1.29 is 9.90 Å². The number of thiazole rings is 1. The lowest BCUT2D eigenvalue weighted by atomic mass is 10.2. The number of carboxylic acids is 1. The fraction of sp³-hybridized carbons (Fsp3) is 0.167. The summed E-state index contributed by atoms with van der Waals surface area (Å²) < 4.78 is 2.99. The number of carboxylic acid groups (broad SMARTS) is 1. The highest BCUT2D eigenvalue weighted by Gasteiger charge is 2.15. The van der Waals surface area contributed by atoms with Crippen LogP contribution in [0.4, 0.5) is 11.1 Å². The van der Waals surface area contributed by atoms with E-state index in [2.05, 4.69) is 20.6 Å². The van der Waals surface area contributed by atoms with Gasteiger partial charge in [0.25, 0.3) is 0 Å². The number of benzene rings is 2. The molecule has 0 atom stereocenters. The molecule has 0 saturated carbocycles. The normalized spacial score (nSPS) is 11.3. The zero-order valence-electron chi connectivity index (χ0n) is 14.4. The molecule has 0 aliphatic rings. The van der Waals surface area contributed by atoms with Gasteiger partial charge in [0.05, 0.1) is 26.8 Å². The summed E-state index contributed by atoms with van der Waals surface area (Å²) in [7, 11) is 1.88. The van der Waals surface area contributed by atoms with Crippen molar-refractivity contribution in [2.45, 2.75) is 6.54 Å². The number of imidazole rings is 1. The number of likely N-dealkylation sites (N-methyl/N-ethyl adjacent to an activating group) is 1. The van der Waals surface area contributed by atoms with Gasteiger partial charge < -0.3 is 20.3 Å². The van der Waals surface area contributed by atoms with Gasteiger partial charge in [-0.15, -0.1) is 0 Å². The molecule has 0 amide bonds. The van der Waals surface area contributed by atoms with E-state index in [1.54, 1.807) is 18.2 Å². The number of halogens is 1. The van der Waals surface area contributed by atoms with Gasteiger partial charge in [-0.05, 0) is 43.4 Å². The quantitative estimate of drug-likeness (QED) is 0.453. The summed E-state index contributed by atoms with van der Waals surface area (Å²) in [4.78, 5) is 20.4. The number of carbonyl (C=O) groups is 1. The molecule has 0 aliphatic heterocycles. The van der Waals surface area contributed by atoms with Gasteiger partial charge in [-0.2, -0.15) is 0 Å². The molecule has 2 aromatic carbocycles. The number of nitrogens with zero attached hydrogens (tertiary/aromatic N) is 3. The maximum atomic E-state index is 11.2. The molecule has 138 valence electrons. The lowest BCUT2D eigenvalue weighted by Gasteiger charge is -2.09. The third-order valence-electron chi connectivity index (χ3n) is 4.15. The van der Waals surface area contributed by atoms with E-state index in [0.29, 0.717) is 28.2 Å². The monoisotopic (exact) mass is 401 g/mol. The van der Waals surface area contributed by atoms with E-state index in [-0.39, 0.29) is 5.56 Å². The van der Waals surface area contributed by atoms with E-state index in [1.807, 2.05) is 29.8 Å². The van der Waals surface area contributed by atoms with Crippen LogP contribution < -0.4 is 10.6 Å². The van der Waals surface area contributed by atoms with Crippen LogP contribution in [0, 0.1) is 0 Å². The highest BCUT2D eigenvalue weighted by atomic mass is 35.5. The smallest absolute Gasteiger partial charge is 0.335 e. The Morgan fingerprint density at radius 3 is 2.85 bits per heavy atom. The number of nitrogens with one attached hydrogen (secondary N) is 2. The minimum Gasteiger partial charge on any atom is -0.478 e. The van der Waals surface area contributed by atoms with Gasteiger partial charge in [0.15, 0.2) is 5.13 Å². The molecule has 3 N–H and O–H groups in total. The van der Waals surface area contributed by atoms with Crippen LogP contribution in [-0.4, -0.2) is 39.2 Å². The van der Waals surface area contributed by atoms with E-state index in [1.165, 1.54) is 11.3 Å². The molecule has 0 saturated heterocycles. The SMILES string of the molecule is CNCCn1c(Nc2nc3ccc(Cl)cc3s2)nc2cc(C(=O)O)ccc21. The largest absolute Gasteiger partial charge is 0.478 e. The van der Waals surface area contributed by atoms with Crippen LogP contribution in [0.3, 0.4) is 0 Å². The average Bonchev–Trinajstić information content (AvgIpc) is 3.19. The zero-order chi connectivity index (χ0) is 19.0. The molecule has 2 heterocycles. The minimum absolute atomic E-state index is 0.210. The summed E-state index contributed by atoms with van der Waals surface area (Å²) in [5.41, 5.74) is 2.56. The van der Waals surface area contributed by atoms with Crippen LogP contribution >= 0.6 is 22.9 Å². The molecule has 0 radical (unpaired) electrons. The third-order valence-corrected chi connectivity index (χ3v) is 5.32. The third kappa shape index (κ3) is 3.46. The predicted octanol–water partition coefficient (Wildman–Crippen LogP) is 3.96. The highest BCUT2D eigenvalue weighted by Crippen LogP contribution is 2.31. The summed E-state index contributed by atoms with van der Waals surface area (Å²) in [6.45, 7) is 1.43. The van der Waals surface area contributed by atoms with Crippen LogP contribution in [0.5, 0.6) is 0 Å². The minimum atomic E-state index is -0.973. The molecule has 4 rings (SSSR count). The van der Waals surface area contributed by atoms with Crippen molar-refractivity contribution in [1.82, 2.24) is 19.9 Å².